The molecule has 1 aliphatic carbocycles. The van der Waals surface area contributed by atoms with Crippen molar-refractivity contribution < 1.29 is 9.59 Å². The molecule has 2 aromatic rings. The molecular weight excluding hydrogens is 372 g/mol. The van der Waals surface area contributed by atoms with Crippen molar-refractivity contribution in [2.75, 3.05) is 6.54 Å². The van der Waals surface area contributed by atoms with Crippen LogP contribution in [0.15, 0.2) is 48.7 Å². The van der Waals surface area contributed by atoms with Crippen LogP contribution in [0.5, 0.6) is 0 Å². The molecule has 1 aromatic carbocycles. The number of aromatic nitrogens is 1. The van der Waals surface area contributed by atoms with Gasteiger partial charge in [0.05, 0.1) is 6.04 Å². The second-order valence-electron chi connectivity index (χ2n) is 8.87. The Balaban J connectivity index is 1.31. The molecule has 0 radical (unpaired) electrons. The molecule has 0 unspecified atom stereocenters. The third-order valence-electron chi connectivity index (χ3n) is 6.86. The fourth-order valence-corrected chi connectivity index (χ4v) is 5.20. The van der Waals surface area contributed by atoms with E-state index in [1.165, 1.54) is 32.1 Å². The van der Waals surface area contributed by atoms with Crippen LogP contribution in [0.25, 0.3) is 0 Å². The first-order valence-electron chi connectivity index (χ1n) is 11.5. The van der Waals surface area contributed by atoms with Gasteiger partial charge in [-0.05, 0) is 48.9 Å². The maximum Gasteiger partial charge on any atom is 0.163 e. The Hall–Kier alpha value is -2.33. The van der Waals surface area contributed by atoms with Crippen molar-refractivity contribution >= 4 is 11.6 Å². The third kappa shape index (κ3) is 5.23. The van der Waals surface area contributed by atoms with E-state index in [-0.39, 0.29) is 11.8 Å². The van der Waals surface area contributed by atoms with Crippen molar-refractivity contribution in [3.63, 3.8) is 0 Å². The van der Waals surface area contributed by atoms with Gasteiger partial charge < -0.3 is 5.32 Å². The van der Waals surface area contributed by atoms with E-state index in [1.807, 2.05) is 42.5 Å². The van der Waals surface area contributed by atoms with Crippen molar-refractivity contribution in [1.29, 1.82) is 0 Å². The Morgan fingerprint density at radius 3 is 2.50 bits per heavy atom. The zero-order valence-corrected chi connectivity index (χ0v) is 17.7. The highest BCUT2D eigenvalue weighted by Gasteiger charge is 2.37. The molecular formula is C26H32N2O2. The summed E-state index contributed by atoms with van der Waals surface area (Å²) in [4.78, 5) is 29.8. The molecule has 1 aliphatic heterocycles. The molecule has 1 saturated heterocycles. The van der Waals surface area contributed by atoms with E-state index in [9.17, 15) is 9.59 Å². The average Bonchev–Trinajstić information content (AvgIpc) is 3.29. The number of Topliss-reactive ketones (excluding diaryl/α,β-unsaturated/α-hetero) is 2. The lowest BCUT2D eigenvalue weighted by atomic mass is 9.75. The number of hydrogen-bond donors (Lipinski definition) is 1. The Morgan fingerprint density at radius 1 is 0.967 bits per heavy atom. The van der Waals surface area contributed by atoms with Gasteiger partial charge in [-0.1, -0.05) is 62.4 Å². The Bertz CT molecular complexity index is 841. The lowest BCUT2D eigenvalue weighted by molar-refractivity contribution is -0.121. The van der Waals surface area contributed by atoms with Crippen molar-refractivity contribution in [1.82, 2.24) is 10.3 Å². The second-order valence-corrected chi connectivity index (χ2v) is 8.87. The fraction of sp³-hybridized carbons (Fsp3) is 0.500. The third-order valence-corrected chi connectivity index (χ3v) is 6.86. The zero-order valence-electron chi connectivity index (χ0n) is 17.7. The van der Waals surface area contributed by atoms with Crippen molar-refractivity contribution in [3.05, 3.63) is 65.5 Å². The number of pyridine rings is 1. The predicted molar refractivity (Wildman–Crippen MR) is 119 cm³/mol. The predicted octanol–water partition coefficient (Wildman–Crippen LogP) is 4.57. The van der Waals surface area contributed by atoms with Crippen molar-refractivity contribution in [2.45, 2.75) is 63.8 Å². The number of rotatable bonds is 8. The van der Waals surface area contributed by atoms with Crippen LogP contribution >= 0.6 is 0 Å². The highest BCUT2D eigenvalue weighted by atomic mass is 16.1. The summed E-state index contributed by atoms with van der Waals surface area (Å²) in [5, 5.41) is 3.48. The molecule has 4 nitrogen and oxygen atoms in total. The number of carbonyl (C=O) groups excluding carboxylic acids is 2. The number of hydrogen-bond acceptors (Lipinski definition) is 4. The first-order chi connectivity index (χ1) is 14.7. The van der Waals surface area contributed by atoms with E-state index in [0.29, 0.717) is 42.4 Å². The minimum absolute atomic E-state index is 0.00720. The van der Waals surface area contributed by atoms with Crippen molar-refractivity contribution in [2.24, 2.45) is 11.8 Å². The molecule has 1 aromatic heterocycles. The summed E-state index contributed by atoms with van der Waals surface area (Å²) >= 11 is 0. The van der Waals surface area contributed by atoms with Crippen LogP contribution in [-0.2, 0) is 17.6 Å². The van der Waals surface area contributed by atoms with Crippen LogP contribution in [0.2, 0.25) is 0 Å². The Morgan fingerprint density at radius 2 is 1.77 bits per heavy atom. The van der Waals surface area contributed by atoms with Gasteiger partial charge in [-0.15, -0.1) is 0 Å². The number of carbonyl (C=O) groups is 2. The molecule has 4 heteroatoms. The Kier molecular flexibility index (Phi) is 7.06. The van der Waals surface area contributed by atoms with E-state index < -0.39 is 0 Å². The zero-order chi connectivity index (χ0) is 20.8. The summed E-state index contributed by atoms with van der Waals surface area (Å²) in [5.41, 5.74) is 2.64. The molecule has 0 amide bonds. The number of ketones is 2. The molecule has 4 rings (SSSR count). The summed E-state index contributed by atoms with van der Waals surface area (Å²) in [5.74, 6) is 1.64. The van der Waals surface area contributed by atoms with Crippen LogP contribution in [0.1, 0.15) is 66.6 Å². The van der Waals surface area contributed by atoms with E-state index in [2.05, 4.69) is 10.3 Å². The van der Waals surface area contributed by atoms with Crippen LogP contribution in [0, 0.1) is 11.8 Å². The average molecular weight is 405 g/mol. The summed E-state index contributed by atoms with van der Waals surface area (Å²) in [6, 6.07) is 13.4. The highest BCUT2D eigenvalue weighted by Crippen LogP contribution is 2.36. The van der Waals surface area contributed by atoms with E-state index in [1.54, 1.807) is 6.20 Å². The maximum absolute atomic E-state index is 13.0. The lowest BCUT2D eigenvalue weighted by Gasteiger charge is -2.30. The molecule has 1 N–H and O–H groups in total. The molecule has 2 aliphatic rings. The van der Waals surface area contributed by atoms with Gasteiger partial charge in [0.15, 0.2) is 11.6 Å². The van der Waals surface area contributed by atoms with Gasteiger partial charge in [0.25, 0.3) is 0 Å². The monoisotopic (exact) mass is 404 g/mol. The van der Waals surface area contributed by atoms with Crippen LogP contribution in [-0.4, -0.2) is 29.1 Å². The Labute approximate surface area is 179 Å². The number of benzene rings is 1. The molecule has 0 bridgehead atoms. The van der Waals surface area contributed by atoms with Gasteiger partial charge in [0, 0.05) is 30.3 Å². The number of nitrogens with one attached hydrogen (secondary N) is 1. The topological polar surface area (TPSA) is 59.1 Å². The van der Waals surface area contributed by atoms with Gasteiger partial charge in [0.1, 0.15) is 0 Å². The minimum Gasteiger partial charge on any atom is -0.307 e. The molecule has 2 fully saturated rings. The molecule has 0 spiro atoms. The molecule has 1 saturated carbocycles. The van der Waals surface area contributed by atoms with Crippen LogP contribution in [0.4, 0.5) is 0 Å². The van der Waals surface area contributed by atoms with Crippen molar-refractivity contribution in [3.8, 4) is 0 Å². The minimum atomic E-state index is 0.00720. The van der Waals surface area contributed by atoms with E-state index in [4.69, 9.17) is 0 Å². The highest BCUT2D eigenvalue weighted by molar-refractivity contribution is 5.96. The van der Waals surface area contributed by atoms with Crippen LogP contribution in [0.3, 0.4) is 0 Å². The van der Waals surface area contributed by atoms with Gasteiger partial charge in [0.2, 0.25) is 0 Å². The van der Waals surface area contributed by atoms with Gasteiger partial charge >= 0.3 is 0 Å². The fourth-order valence-electron chi connectivity index (χ4n) is 5.20. The van der Waals surface area contributed by atoms with Gasteiger partial charge in [-0.2, -0.15) is 0 Å². The first-order valence-corrected chi connectivity index (χ1v) is 11.5. The lowest BCUT2D eigenvalue weighted by Crippen LogP contribution is -2.40. The number of aryl methyl sites for hydroxylation is 1. The maximum atomic E-state index is 13.0. The number of nitrogens with zero attached hydrogens (tertiary/aromatic N) is 1. The van der Waals surface area contributed by atoms with Gasteiger partial charge in [-0.3, -0.25) is 14.6 Å². The van der Waals surface area contributed by atoms with Crippen LogP contribution < -0.4 is 5.32 Å². The normalized spacial score (nSPS) is 22.1. The first kappa shape index (κ1) is 20.9. The molecule has 2 atom stereocenters. The molecule has 2 heterocycles. The summed E-state index contributed by atoms with van der Waals surface area (Å²) in [6.07, 6.45) is 11.0. The van der Waals surface area contributed by atoms with E-state index >= 15 is 0 Å². The molecule has 30 heavy (non-hydrogen) atoms. The standard InChI is InChI=1S/C26H32N2O2/c29-24(14-13-22-8-4-5-16-27-22)21-11-9-19(10-12-21)18-25(30)26-23(15-17-28-26)20-6-2-1-3-7-20/h4-5,8-12,16,20,23,26,28H,1-3,6-7,13-15,17-18H2/t23-,26-/m0/s1. The SMILES string of the molecule is O=C(CCc1ccccn1)c1ccc(CC(=O)[C@H]2NCC[C@H]2C2CCCCC2)cc1. The second kappa shape index (κ2) is 10.1. The van der Waals surface area contributed by atoms with E-state index in [0.717, 1.165) is 24.2 Å². The summed E-state index contributed by atoms with van der Waals surface area (Å²) in [7, 11) is 0. The largest absolute Gasteiger partial charge is 0.307 e. The summed E-state index contributed by atoms with van der Waals surface area (Å²) < 4.78 is 0. The van der Waals surface area contributed by atoms with Gasteiger partial charge in [-0.25, -0.2) is 0 Å². The quantitative estimate of drug-likeness (QED) is 0.655. The summed E-state index contributed by atoms with van der Waals surface area (Å²) in [6.45, 7) is 0.960. The smallest absolute Gasteiger partial charge is 0.163 e. The molecule has 158 valence electrons.